The van der Waals surface area contributed by atoms with E-state index in [-0.39, 0.29) is 12.4 Å². The number of benzene rings is 4. The van der Waals surface area contributed by atoms with E-state index in [0.29, 0.717) is 6.04 Å². The third kappa shape index (κ3) is 3.48. The maximum absolute atomic E-state index is 4.53. The molecule has 0 bridgehead atoms. The minimum absolute atomic E-state index is 0. The van der Waals surface area contributed by atoms with E-state index in [1.165, 1.54) is 44.2 Å². The number of rotatable bonds is 4. The number of hydrogen-bond donors (Lipinski definition) is 2. The first-order chi connectivity index (χ1) is 15.3. The highest BCUT2D eigenvalue weighted by molar-refractivity contribution is 6.01. The molecule has 0 amide bonds. The fourth-order valence-electron chi connectivity index (χ4n) is 5.15. The molecule has 0 saturated carbocycles. The summed E-state index contributed by atoms with van der Waals surface area (Å²) in [5.41, 5.74) is 10.2. The Labute approximate surface area is 194 Å². The van der Waals surface area contributed by atoms with Gasteiger partial charge in [0.05, 0.1) is 17.4 Å². The lowest BCUT2D eigenvalue weighted by Crippen LogP contribution is -2.29. The van der Waals surface area contributed by atoms with Crippen molar-refractivity contribution in [1.29, 1.82) is 0 Å². The van der Waals surface area contributed by atoms with Gasteiger partial charge in [-0.2, -0.15) is 0 Å². The first-order valence-electron chi connectivity index (χ1n) is 11.0. The molecule has 0 fully saturated rings. The van der Waals surface area contributed by atoms with Crippen LogP contribution in [0, 0.1) is 6.92 Å². The molecule has 6 rings (SSSR count). The van der Waals surface area contributed by atoms with E-state index >= 15 is 0 Å². The van der Waals surface area contributed by atoms with Crippen molar-refractivity contribution in [3.63, 3.8) is 0 Å². The van der Waals surface area contributed by atoms with Gasteiger partial charge in [-0.1, -0.05) is 66.7 Å². The number of nitrogens with zero attached hydrogens (tertiary/aromatic N) is 1. The SMILES string of the molecule is Cc1c(-c2ccc(CNC3Cc4ccccc4C3)c3ccccc23)ccc2[nH]cnc12.Cl. The molecule has 32 heavy (non-hydrogen) atoms. The zero-order chi connectivity index (χ0) is 20.8. The average Bonchev–Trinajstić information content (AvgIpc) is 3.45. The number of aryl methyl sites for hydroxylation is 1. The summed E-state index contributed by atoms with van der Waals surface area (Å²) in [6, 6.07) is 27.0. The van der Waals surface area contributed by atoms with Crippen molar-refractivity contribution >= 4 is 34.2 Å². The van der Waals surface area contributed by atoms with E-state index in [0.717, 1.165) is 30.4 Å². The second-order valence-corrected chi connectivity index (χ2v) is 8.61. The number of fused-ring (bicyclic) bond motifs is 3. The molecule has 4 aromatic carbocycles. The number of aromatic nitrogens is 2. The summed E-state index contributed by atoms with van der Waals surface area (Å²) >= 11 is 0. The number of halogens is 1. The second-order valence-electron chi connectivity index (χ2n) is 8.61. The van der Waals surface area contributed by atoms with Crippen LogP contribution in [0.25, 0.3) is 32.9 Å². The topological polar surface area (TPSA) is 40.7 Å². The molecule has 2 N–H and O–H groups in total. The van der Waals surface area contributed by atoms with Crippen molar-refractivity contribution < 1.29 is 0 Å². The Morgan fingerprint density at radius 3 is 2.31 bits per heavy atom. The minimum Gasteiger partial charge on any atom is -0.345 e. The molecule has 1 heterocycles. The van der Waals surface area contributed by atoms with Crippen LogP contribution in [0.4, 0.5) is 0 Å². The summed E-state index contributed by atoms with van der Waals surface area (Å²) in [5, 5.41) is 6.44. The average molecular weight is 440 g/mol. The Morgan fingerprint density at radius 2 is 1.53 bits per heavy atom. The van der Waals surface area contributed by atoms with Gasteiger partial charge in [0, 0.05) is 12.6 Å². The fraction of sp³-hybridized carbons (Fsp3) is 0.179. The molecule has 5 aromatic rings. The van der Waals surface area contributed by atoms with Crippen LogP contribution in [0.2, 0.25) is 0 Å². The van der Waals surface area contributed by atoms with E-state index in [2.05, 4.69) is 95.0 Å². The van der Waals surface area contributed by atoms with Crippen LogP contribution >= 0.6 is 12.4 Å². The van der Waals surface area contributed by atoms with Crippen molar-refractivity contribution in [3.05, 3.63) is 101 Å². The van der Waals surface area contributed by atoms with E-state index in [9.17, 15) is 0 Å². The fourth-order valence-corrected chi connectivity index (χ4v) is 5.15. The molecule has 0 unspecified atom stereocenters. The molecule has 0 radical (unpaired) electrons. The summed E-state index contributed by atoms with van der Waals surface area (Å²) in [7, 11) is 0. The van der Waals surface area contributed by atoms with Crippen LogP contribution in [0.1, 0.15) is 22.3 Å². The molecule has 3 nitrogen and oxygen atoms in total. The number of aromatic amines is 1. The van der Waals surface area contributed by atoms with Crippen LogP contribution in [-0.2, 0) is 19.4 Å². The van der Waals surface area contributed by atoms with Crippen LogP contribution in [0.15, 0.2) is 79.1 Å². The Morgan fingerprint density at radius 1 is 0.844 bits per heavy atom. The molecule has 0 saturated heterocycles. The zero-order valence-corrected chi connectivity index (χ0v) is 18.9. The summed E-state index contributed by atoms with van der Waals surface area (Å²) in [4.78, 5) is 7.74. The third-order valence-electron chi connectivity index (χ3n) is 6.78. The zero-order valence-electron chi connectivity index (χ0n) is 18.1. The van der Waals surface area contributed by atoms with Gasteiger partial charge >= 0.3 is 0 Å². The number of hydrogen-bond acceptors (Lipinski definition) is 2. The van der Waals surface area contributed by atoms with Gasteiger partial charge in [-0.15, -0.1) is 12.4 Å². The van der Waals surface area contributed by atoms with Crippen molar-refractivity contribution in [2.24, 2.45) is 0 Å². The predicted octanol–water partition coefficient (Wildman–Crippen LogP) is 6.37. The van der Waals surface area contributed by atoms with Gasteiger partial charge in [-0.3, -0.25) is 0 Å². The lowest BCUT2D eigenvalue weighted by Gasteiger charge is -2.16. The van der Waals surface area contributed by atoms with E-state index in [4.69, 9.17) is 0 Å². The Bertz CT molecular complexity index is 1390. The molecule has 1 aliphatic carbocycles. The maximum Gasteiger partial charge on any atom is 0.0931 e. The highest BCUT2D eigenvalue weighted by Gasteiger charge is 2.20. The molecule has 1 aliphatic rings. The molecule has 4 heteroatoms. The Hall–Kier alpha value is -3.14. The summed E-state index contributed by atoms with van der Waals surface area (Å²) in [5.74, 6) is 0. The third-order valence-corrected chi connectivity index (χ3v) is 6.78. The van der Waals surface area contributed by atoms with Crippen LogP contribution in [-0.4, -0.2) is 16.0 Å². The van der Waals surface area contributed by atoms with Gasteiger partial charge in [0.1, 0.15) is 0 Å². The normalized spacial score (nSPS) is 13.4. The van der Waals surface area contributed by atoms with Crippen molar-refractivity contribution in [3.8, 4) is 11.1 Å². The molecule has 0 spiro atoms. The highest BCUT2D eigenvalue weighted by Crippen LogP contribution is 2.35. The number of H-pyrrole nitrogens is 1. The van der Waals surface area contributed by atoms with Crippen molar-refractivity contribution in [2.75, 3.05) is 0 Å². The van der Waals surface area contributed by atoms with Gasteiger partial charge in [-0.25, -0.2) is 4.98 Å². The molecule has 0 atom stereocenters. The standard InChI is InChI=1S/C28H25N3.ClH/c1-18-23(12-13-27-28(18)31-17-30-27)26-11-10-21(24-8-4-5-9-25(24)26)16-29-22-14-19-6-2-3-7-20(19)15-22;/h2-13,17,22,29H,14-16H2,1H3,(H,30,31);1H. The van der Waals surface area contributed by atoms with E-state index < -0.39 is 0 Å². The summed E-state index contributed by atoms with van der Waals surface area (Å²) in [6.07, 6.45) is 4.01. The maximum atomic E-state index is 4.53. The van der Waals surface area contributed by atoms with Gasteiger partial charge in [0.25, 0.3) is 0 Å². The molecular weight excluding hydrogens is 414 g/mol. The molecule has 1 aromatic heterocycles. The van der Waals surface area contributed by atoms with Crippen LogP contribution in [0.5, 0.6) is 0 Å². The van der Waals surface area contributed by atoms with Gasteiger partial charge in [0.15, 0.2) is 0 Å². The van der Waals surface area contributed by atoms with E-state index in [1.54, 1.807) is 6.33 Å². The van der Waals surface area contributed by atoms with Crippen LogP contribution in [0.3, 0.4) is 0 Å². The Balaban J connectivity index is 0.00000216. The number of imidazole rings is 1. The summed E-state index contributed by atoms with van der Waals surface area (Å²) in [6.45, 7) is 3.05. The quantitative estimate of drug-likeness (QED) is 0.341. The minimum atomic E-state index is 0. The molecular formula is C28H26ClN3. The Kier molecular flexibility index (Phi) is 5.46. The lowest BCUT2D eigenvalue weighted by atomic mass is 9.92. The van der Waals surface area contributed by atoms with Gasteiger partial charge in [0.2, 0.25) is 0 Å². The first kappa shape index (κ1) is 20.7. The van der Waals surface area contributed by atoms with Crippen molar-refractivity contribution in [1.82, 2.24) is 15.3 Å². The van der Waals surface area contributed by atoms with Gasteiger partial charge in [-0.05, 0) is 70.0 Å². The highest BCUT2D eigenvalue weighted by atomic mass is 35.5. The largest absolute Gasteiger partial charge is 0.345 e. The molecule has 0 aliphatic heterocycles. The van der Waals surface area contributed by atoms with Crippen molar-refractivity contribution in [2.45, 2.75) is 32.4 Å². The number of nitrogens with one attached hydrogen (secondary N) is 2. The smallest absolute Gasteiger partial charge is 0.0931 e. The summed E-state index contributed by atoms with van der Waals surface area (Å²) < 4.78 is 0. The monoisotopic (exact) mass is 439 g/mol. The van der Waals surface area contributed by atoms with Crippen LogP contribution < -0.4 is 5.32 Å². The predicted molar refractivity (Wildman–Crippen MR) is 135 cm³/mol. The lowest BCUT2D eigenvalue weighted by molar-refractivity contribution is 0.534. The second kappa shape index (κ2) is 8.42. The van der Waals surface area contributed by atoms with Gasteiger partial charge < -0.3 is 10.3 Å². The molecule has 160 valence electrons. The van der Waals surface area contributed by atoms with E-state index in [1.807, 2.05) is 0 Å². The first-order valence-corrected chi connectivity index (χ1v) is 11.0.